The van der Waals surface area contributed by atoms with Gasteiger partial charge in [-0.3, -0.25) is 9.78 Å². The van der Waals surface area contributed by atoms with Crippen LogP contribution in [0.15, 0.2) is 18.3 Å². The summed E-state index contributed by atoms with van der Waals surface area (Å²) in [4.78, 5) is 15.9. The molecule has 0 aliphatic heterocycles. The molecule has 4 nitrogen and oxygen atoms in total. The molecule has 1 rings (SSSR count). The number of rotatable bonds is 5. The number of nitrogens with one attached hydrogen (secondary N) is 2. The molecular formula is C12H19N3O. The third-order valence-corrected chi connectivity index (χ3v) is 2.30. The summed E-state index contributed by atoms with van der Waals surface area (Å²) >= 11 is 0. The van der Waals surface area contributed by atoms with Gasteiger partial charge >= 0.3 is 0 Å². The number of hydrogen-bond acceptors (Lipinski definition) is 3. The molecule has 1 aromatic heterocycles. The molecule has 0 unspecified atom stereocenters. The van der Waals surface area contributed by atoms with Crippen molar-refractivity contribution in [3.8, 4) is 0 Å². The van der Waals surface area contributed by atoms with Crippen LogP contribution < -0.4 is 10.6 Å². The molecule has 1 amide bonds. The van der Waals surface area contributed by atoms with Crippen molar-refractivity contribution in [1.82, 2.24) is 15.6 Å². The van der Waals surface area contributed by atoms with Crippen molar-refractivity contribution >= 4 is 5.91 Å². The van der Waals surface area contributed by atoms with Gasteiger partial charge in [0, 0.05) is 25.0 Å². The number of nitrogens with zero attached hydrogens (tertiary/aromatic N) is 1. The lowest BCUT2D eigenvalue weighted by Gasteiger charge is -2.06. The van der Waals surface area contributed by atoms with E-state index in [1.807, 2.05) is 19.2 Å². The van der Waals surface area contributed by atoms with E-state index in [1.165, 1.54) is 0 Å². The molecular weight excluding hydrogens is 202 g/mol. The molecule has 0 aliphatic rings. The number of carbonyl (C=O) groups excluding carboxylic acids is 1. The number of pyridine rings is 1. The fourth-order valence-electron chi connectivity index (χ4n) is 1.28. The van der Waals surface area contributed by atoms with Crippen molar-refractivity contribution in [3.05, 3.63) is 29.6 Å². The lowest BCUT2D eigenvalue weighted by atomic mass is 10.1. The molecule has 1 heterocycles. The molecule has 0 aliphatic carbocycles. The number of aromatic nitrogens is 1. The van der Waals surface area contributed by atoms with Crippen LogP contribution in [0.3, 0.4) is 0 Å². The first-order chi connectivity index (χ1) is 7.65. The minimum atomic E-state index is -0.0712. The molecule has 0 fully saturated rings. The van der Waals surface area contributed by atoms with E-state index in [1.54, 1.807) is 6.20 Å². The lowest BCUT2D eigenvalue weighted by Crippen LogP contribution is -2.30. The first-order valence-corrected chi connectivity index (χ1v) is 5.54. The van der Waals surface area contributed by atoms with E-state index < -0.39 is 0 Å². The molecule has 0 atom stereocenters. The van der Waals surface area contributed by atoms with Crippen LogP contribution in [-0.4, -0.2) is 31.0 Å². The summed E-state index contributed by atoms with van der Waals surface area (Å²) in [7, 11) is 1.85. The Morgan fingerprint density at radius 2 is 2.12 bits per heavy atom. The van der Waals surface area contributed by atoms with Crippen LogP contribution in [0.4, 0.5) is 0 Å². The first-order valence-electron chi connectivity index (χ1n) is 5.54. The monoisotopic (exact) mass is 221 g/mol. The number of hydrogen-bond donors (Lipinski definition) is 2. The van der Waals surface area contributed by atoms with Crippen molar-refractivity contribution in [3.63, 3.8) is 0 Å². The van der Waals surface area contributed by atoms with Crippen molar-refractivity contribution in [1.29, 1.82) is 0 Å². The normalized spacial score (nSPS) is 10.5. The molecule has 16 heavy (non-hydrogen) atoms. The van der Waals surface area contributed by atoms with E-state index in [4.69, 9.17) is 0 Å². The van der Waals surface area contributed by atoms with Gasteiger partial charge in [-0.05, 0) is 25.1 Å². The van der Waals surface area contributed by atoms with Gasteiger partial charge in [0.25, 0.3) is 5.91 Å². The Balaban J connectivity index is 2.56. The zero-order chi connectivity index (χ0) is 12.0. The molecule has 1 aromatic rings. The topological polar surface area (TPSA) is 54.0 Å². The van der Waals surface area contributed by atoms with Gasteiger partial charge in [-0.2, -0.15) is 0 Å². The van der Waals surface area contributed by atoms with Crippen LogP contribution in [0.2, 0.25) is 0 Å². The number of likely N-dealkylation sites (N-methyl/N-ethyl adjacent to an activating group) is 1. The Bertz CT molecular complexity index is 333. The highest BCUT2D eigenvalue weighted by Gasteiger charge is 2.06. The first kappa shape index (κ1) is 12.6. The maximum Gasteiger partial charge on any atom is 0.252 e. The third kappa shape index (κ3) is 3.62. The second-order valence-corrected chi connectivity index (χ2v) is 3.99. The molecule has 2 N–H and O–H groups in total. The van der Waals surface area contributed by atoms with Gasteiger partial charge in [0.05, 0.1) is 5.56 Å². The Labute approximate surface area is 96.5 Å². The van der Waals surface area contributed by atoms with Gasteiger partial charge in [-0.15, -0.1) is 0 Å². The molecule has 4 heteroatoms. The maximum absolute atomic E-state index is 11.6. The minimum Gasteiger partial charge on any atom is -0.351 e. The fourth-order valence-corrected chi connectivity index (χ4v) is 1.28. The van der Waals surface area contributed by atoms with Gasteiger partial charge in [0.1, 0.15) is 0 Å². The van der Waals surface area contributed by atoms with Crippen LogP contribution >= 0.6 is 0 Å². The van der Waals surface area contributed by atoms with E-state index >= 15 is 0 Å². The molecule has 0 saturated carbocycles. The quantitative estimate of drug-likeness (QED) is 0.733. The second-order valence-electron chi connectivity index (χ2n) is 3.99. The molecule has 0 saturated heterocycles. The van der Waals surface area contributed by atoms with Crippen molar-refractivity contribution in [2.45, 2.75) is 19.8 Å². The summed E-state index contributed by atoms with van der Waals surface area (Å²) in [6.07, 6.45) is 1.63. The standard InChI is InChI=1S/C12H19N3O/c1-9(2)11-5-4-10(8-15-11)12(16)14-7-6-13-3/h4-5,8-9,13H,6-7H2,1-3H3,(H,14,16). The van der Waals surface area contributed by atoms with Crippen molar-refractivity contribution in [2.24, 2.45) is 0 Å². The van der Waals surface area contributed by atoms with Crippen molar-refractivity contribution < 1.29 is 4.79 Å². The number of carbonyl (C=O) groups is 1. The molecule has 0 spiro atoms. The average molecular weight is 221 g/mol. The molecule has 0 aromatic carbocycles. The SMILES string of the molecule is CNCCNC(=O)c1ccc(C(C)C)nc1. The van der Waals surface area contributed by atoms with Crippen LogP contribution in [-0.2, 0) is 0 Å². The van der Waals surface area contributed by atoms with E-state index in [0.29, 0.717) is 18.0 Å². The van der Waals surface area contributed by atoms with Gasteiger partial charge in [0.15, 0.2) is 0 Å². The maximum atomic E-state index is 11.6. The molecule has 88 valence electrons. The number of amides is 1. The minimum absolute atomic E-state index is 0.0712. The van der Waals surface area contributed by atoms with Crippen LogP contribution in [0.25, 0.3) is 0 Å². The smallest absolute Gasteiger partial charge is 0.252 e. The van der Waals surface area contributed by atoms with Crippen LogP contribution in [0, 0.1) is 0 Å². The highest BCUT2D eigenvalue weighted by Crippen LogP contribution is 2.10. The zero-order valence-electron chi connectivity index (χ0n) is 10.1. The van der Waals surface area contributed by atoms with Gasteiger partial charge in [-0.1, -0.05) is 13.8 Å². The van der Waals surface area contributed by atoms with Gasteiger partial charge in [-0.25, -0.2) is 0 Å². The third-order valence-electron chi connectivity index (χ3n) is 2.30. The summed E-state index contributed by atoms with van der Waals surface area (Å²) in [5.74, 6) is 0.319. The Morgan fingerprint density at radius 3 is 2.62 bits per heavy atom. The Hall–Kier alpha value is -1.42. The Kier molecular flexibility index (Phi) is 4.92. The average Bonchev–Trinajstić information content (AvgIpc) is 2.29. The van der Waals surface area contributed by atoms with Gasteiger partial charge in [0.2, 0.25) is 0 Å². The zero-order valence-corrected chi connectivity index (χ0v) is 10.1. The lowest BCUT2D eigenvalue weighted by molar-refractivity contribution is 0.0953. The van der Waals surface area contributed by atoms with Crippen LogP contribution in [0.1, 0.15) is 35.8 Å². The largest absolute Gasteiger partial charge is 0.351 e. The van der Waals surface area contributed by atoms with Crippen molar-refractivity contribution in [2.75, 3.05) is 20.1 Å². The van der Waals surface area contributed by atoms with E-state index in [9.17, 15) is 4.79 Å². The predicted octanol–water partition coefficient (Wildman–Crippen LogP) is 1.15. The van der Waals surface area contributed by atoms with E-state index in [-0.39, 0.29) is 5.91 Å². The summed E-state index contributed by atoms with van der Waals surface area (Å²) in [6.45, 7) is 5.55. The van der Waals surface area contributed by atoms with Gasteiger partial charge < -0.3 is 10.6 Å². The second kappa shape index (κ2) is 6.23. The fraction of sp³-hybridized carbons (Fsp3) is 0.500. The summed E-state index contributed by atoms with van der Waals surface area (Å²) in [5.41, 5.74) is 1.62. The summed E-state index contributed by atoms with van der Waals surface area (Å²) in [6, 6.07) is 3.72. The molecule has 0 bridgehead atoms. The van der Waals surface area contributed by atoms with E-state index in [2.05, 4.69) is 29.5 Å². The van der Waals surface area contributed by atoms with Crippen LogP contribution in [0.5, 0.6) is 0 Å². The highest BCUT2D eigenvalue weighted by molar-refractivity contribution is 5.93. The molecule has 0 radical (unpaired) electrons. The van der Waals surface area contributed by atoms with E-state index in [0.717, 1.165) is 12.2 Å². The summed E-state index contributed by atoms with van der Waals surface area (Å²) in [5, 5.41) is 5.78. The summed E-state index contributed by atoms with van der Waals surface area (Å²) < 4.78 is 0. The predicted molar refractivity (Wildman–Crippen MR) is 64.6 cm³/mol. The Morgan fingerprint density at radius 1 is 1.38 bits per heavy atom. The highest BCUT2D eigenvalue weighted by atomic mass is 16.1.